The molecule has 13 heavy (non-hydrogen) atoms. The van der Waals surface area contributed by atoms with Crippen molar-refractivity contribution < 1.29 is 0 Å². The van der Waals surface area contributed by atoms with Crippen molar-refractivity contribution >= 4 is 0 Å². The van der Waals surface area contributed by atoms with Crippen molar-refractivity contribution in [1.82, 2.24) is 5.32 Å². The third kappa shape index (κ3) is 1.74. The largest absolute Gasteiger partial charge is 0.384 e. The number of hydrogen-bond donors (Lipinski definition) is 1. The van der Waals surface area contributed by atoms with E-state index in [0.717, 1.165) is 0 Å². The fraction of sp³-hybridized carbons (Fsp3) is 0.333. The van der Waals surface area contributed by atoms with Crippen LogP contribution in [0.15, 0.2) is 48.7 Å². The average Bonchev–Trinajstić information content (AvgIpc) is 2.20. The Hall–Kier alpha value is -1.24. The van der Waals surface area contributed by atoms with E-state index in [-0.39, 0.29) is 0 Å². The second kappa shape index (κ2) is 3.65. The van der Waals surface area contributed by atoms with Gasteiger partial charge in [0.2, 0.25) is 0 Å². The highest BCUT2D eigenvalue weighted by Gasteiger charge is 2.21. The lowest BCUT2D eigenvalue weighted by atomic mass is 9.83. The molecule has 0 bridgehead atoms. The van der Waals surface area contributed by atoms with Gasteiger partial charge in [0.15, 0.2) is 0 Å². The van der Waals surface area contributed by atoms with E-state index in [1.807, 2.05) is 12.3 Å². The van der Waals surface area contributed by atoms with Gasteiger partial charge in [0.1, 0.15) is 0 Å². The molecule has 0 spiro atoms. The summed E-state index contributed by atoms with van der Waals surface area (Å²) in [5.41, 5.74) is 0. The van der Waals surface area contributed by atoms with Crippen molar-refractivity contribution in [1.29, 1.82) is 0 Å². The third-order valence-corrected chi connectivity index (χ3v) is 2.70. The number of allylic oxidation sites excluding steroid dienone is 5. The summed E-state index contributed by atoms with van der Waals surface area (Å²) < 4.78 is 0. The normalized spacial score (nSPS) is 36.2. The SMILES string of the molecule is CC1C=CC=CC1C1C=CC=CN1. The molecule has 1 N–H and O–H groups in total. The molecule has 0 saturated carbocycles. The number of rotatable bonds is 1. The Morgan fingerprint density at radius 1 is 0.923 bits per heavy atom. The van der Waals surface area contributed by atoms with Crippen molar-refractivity contribution in [2.45, 2.75) is 13.0 Å². The molecule has 3 atom stereocenters. The molecule has 0 aromatic carbocycles. The maximum atomic E-state index is 3.37. The first-order valence-electron chi connectivity index (χ1n) is 4.82. The summed E-state index contributed by atoms with van der Waals surface area (Å²) in [6.45, 7) is 2.26. The quantitative estimate of drug-likeness (QED) is 0.642. The lowest BCUT2D eigenvalue weighted by molar-refractivity contribution is 0.426. The molecule has 1 aliphatic heterocycles. The summed E-state index contributed by atoms with van der Waals surface area (Å²) in [6.07, 6.45) is 17.2. The van der Waals surface area contributed by atoms with Gasteiger partial charge in [-0.2, -0.15) is 0 Å². The minimum absolute atomic E-state index is 0.459. The van der Waals surface area contributed by atoms with Gasteiger partial charge in [0, 0.05) is 5.92 Å². The summed E-state index contributed by atoms with van der Waals surface area (Å²) in [5.74, 6) is 1.21. The zero-order valence-electron chi connectivity index (χ0n) is 7.85. The Morgan fingerprint density at radius 3 is 2.38 bits per heavy atom. The van der Waals surface area contributed by atoms with Crippen LogP contribution in [0.25, 0.3) is 0 Å². The van der Waals surface area contributed by atoms with Crippen LogP contribution in [0.5, 0.6) is 0 Å². The Balaban J connectivity index is 2.08. The molecule has 0 fully saturated rings. The Labute approximate surface area is 79.5 Å². The molecule has 0 amide bonds. The Kier molecular flexibility index (Phi) is 2.35. The van der Waals surface area contributed by atoms with Crippen molar-refractivity contribution in [2.75, 3.05) is 0 Å². The molecule has 1 heterocycles. The van der Waals surface area contributed by atoms with Crippen LogP contribution in [0.2, 0.25) is 0 Å². The van der Waals surface area contributed by atoms with Gasteiger partial charge >= 0.3 is 0 Å². The van der Waals surface area contributed by atoms with E-state index in [1.54, 1.807) is 0 Å². The van der Waals surface area contributed by atoms with Crippen LogP contribution in [-0.4, -0.2) is 6.04 Å². The molecule has 68 valence electrons. The molecule has 0 radical (unpaired) electrons. The minimum atomic E-state index is 0.459. The fourth-order valence-corrected chi connectivity index (χ4v) is 1.88. The lowest BCUT2D eigenvalue weighted by Crippen LogP contribution is -2.34. The molecule has 1 aliphatic carbocycles. The predicted molar refractivity (Wildman–Crippen MR) is 56.1 cm³/mol. The van der Waals surface area contributed by atoms with E-state index in [4.69, 9.17) is 0 Å². The molecular formula is C12H15N. The second-order valence-corrected chi connectivity index (χ2v) is 3.64. The average molecular weight is 173 g/mol. The molecule has 1 nitrogen and oxygen atoms in total. The molecule has 0 saturated heterocycles. The monoisotopic (exact) mass is 173 g/mol. The number of nitrogens with one attached hydrogen (secondary N) is 1. The van der Waals surface area contributed by atoms with Crippen LogP contribution in [0.1, 0.15) is 6.92 Å². The van der Waals surface area contributed by atoms with Crippen LogP contribution in [0.4, 0.5) is 0 Å². The summed E-state index contributed by atoms with van der Waals surface area (Å²) in [5, 5.41) is 3.37. The van der Waals surface area contributed by atoms with E-state index in [1.165, 1.54) is 0 Å². The fourth-order valence-electron chi connectivity index (χ4n) is 1.88. The van der Waals surface area contributed by atoms with Crippen LogP contribution >= 0.6 is 0 Å². The van der Waals surface area contributed by atoms with E-state index in [9.17, 15) is 0 Å². The summed E-state index contributed by atoms with van der Waals surface area (Å²) in [6, 6.07) is 0.459. The summed E-state index contributed by atoms with van der Waals surface area (Å²) in [7, 11) is 0. The van der Waals surface area contributed by atoms with Crippen LogP contribution in [0.3, 0.4) is 0 Å². The van der Waals surface area contributed by atoms with E-state index < -0.39 is 0 Å². The van der Waals surface area contributed by atoms with Gasteiger partial charge in [-0.15, -0.1) is 0 Å². The van der Waals surface area contributed by atoms with Crippen molar-refractivity contribution in [3.05, 3.63) is 48.7 Å². The summed E-state index contributed by atoms with van der Waals surface area (Å²) >= 11 is 0. The van der Waals surface area contributed by atoms with Crippen molar-refractivity contribution in [3.8, 4) is 0 Å². The molecule has 3 unspecified atom stereocenters. The smallest absolute Gasteiger partial charge is 0.0510 e. The zero-order valence-corrected chi connectivity index (χ0v) is 7.85. The van der Waals surface area contributed by atoms with Gasteiger partial charge < -0.3 is 5.32 Å². The molecule has 2 rings (SSSR count). The van der Waals surface area contributed by atoms with Gasteiger partial charge in [0.05, 0.1) is 6.04 Å². The maximum absolute atomic E-state index is 3.37. The molecule has 1 heteroatoms. The molecule has 0 aromatic heterocycles. The standard InChI is InChI=1S/C12H15N/c1-10-6-2-3-7-11(10)12-8-4-5-9-13-12/h2-13H,1H3. The minimum Gasteiger partial charge on any atom is -0.384 e. The van der Waals surface area contributed by atoms with Crippen LogP contribution in [-0.2, 0) is 0 Å². The van der Waals surface area contributed by atoms with Gasteiger partial charge in [-0.3, -0.25) is 0 Å². The highest BCUT2D eigenvalue weighted by molar-refractivity contribution is 5.21. The summed E-state index contributed by atoms with van der Waals surface area (Å²) in [4.78, 5) is 0. The zero-order chi connectivity index (χ0) is 9.10. The topological polar surface area (TPSA) is 12.0 Å². The van der Waals surface area contributed by atoms with E-state index in [0.29, 0.717) is 17.9 Å². The second-order valence-electron chi connectivity index (χ2n) is 3.64. The highest BCUT2D eigenvalue weighted by Crippen LogP contribution is 2.23. The first-order chi connectivity index (χ1) is 6.38. The maximum Gasteiger partial charge on any atom is 0.0510 e. The number of dihydropyridines is 1. The Bertz CT molecular complexity index is 283. The van der Waals surface area contributed by atoms with Crippen molar-refractivity contribution in [2.24, 2.45) is 11.8 Å². The lowest BCUT2D eigenvalue weighted by Gasteiger charge is -2.28. The van der Waals surface area contributed by atoms with Gasteiger partial charge in [-0.1, -0.05) is 43.4 Å². The van der Waals surface area contributed by atoms with E-state index >= 15 is 0 Å². The van der Waals surface area contributed by atoms with Crippen LogP contribution < -0.4 is 5.32 Å². The first-order valence-corrected chi connectivity index (χ1v) is 4.82. The van der Waals surface area contributed by atoms with Gasteiger partial charge in [0.25, 0.3) is 0 Å². The number of hydrogen-bond acceptors (Lipinski definition) is 1. The van der Waals surface area contributed by atoms with Gasteiger partial charge in [-0.05, 0) is 18.2 Å². The Morgan fingerprint density at radius 2 is 1.69 bits per heavy atom. The van der Waals surface area contributed by atoms with Crippen LogP contribution in [0, 0.1) is 11.8 Å². The molecule has 0 aromatic rings. The van der Waals surface area contributed by atoms with Crippen molar-refractivity contribution in [3.63, 3.8) is 0 Å². The third-order valence-electron chi connectivity index (χ3n) is 2.70. The molecule has 2 aliphatic rings. The first kappa shape index (κ1) is 8.36. The van der Waals surface area contributed by atoms with Gasteiger partial charge in [-0.25, -0.2) is 0 Å². The highest BCUT2D eigenvalue weighted by atomic mass is 14.9. The van der Waals surface area contributed by atoms with E-state index in [2.05, 4.69) is 48.7 Å². The predicted octanol–water partition coefficient (Wildman–Crippen LogP) is 2.41. The molecular weight excluding hydrogens is 158 g/mol.